The second-order valence-corrected chi connectivity index (χ2v) is 7.03. The Balaban J connectivity index is 1.43. The summed E-state index contributed by atoms with van der Waals surface area (Å²) in [5.41, 5.74) is 1.98. The van der Waals surface area contributed by atoms with Crippen molar-refractivity contribution >= 4 is 5.91 Å². The van der Waals surface area contributed by atoms with E-state index in [0.29, 0.717) is 24.0 Å². The largest absolute Gasteiger partial charge is 0.497 e. The van der Waals surface area contributed by atoms with E-state index in [4.69, 9.17) is 14.0 Å². The third-order valence-corrected chi connectivity index (χ3v) is 5.03. The predicted octanol–water partition coefficient (Wildman–Crippen LogP) is 3.80. The molecule has 1 unspecified atom stereocenters. The standard InChI is InChI=1S/C22H23N3O4/c1-15-5-9-18(10-6-15)28-14-20(26)25-13-3-4-19(25)22-23-21(24-29-22)16-7-11-17(27-2)12-8-16/h5-12,19H,3-4,13-14H2,1-2H3. The number of hydrogen-bond donors (Lipinski definition) is 0. The Labute approximate surface area is 169 Å². The smallest absolute Gasteiger partial charge is 0.261 e. The van der Waals surface area contributed by atoms with Gasteiger partial charge in [-0.1, -0.05) is 22.9 Å². The van der Waals surface area contributed by atoms with Crippen LogP contribution in [0.1, 0.15) is 30.3 Å². The van der Waals surface area contributed by atoms with Gasteiger partial charge in [0.1, 0.15) is 17.5 Å². The summed E-state index contributed by atoms with van der Waals surface area (Å²) in [6.07, 6.45) is 1.68. The van der Waals surface area contributed by atoms with E-state index in [1.807, 2.05) is 55.5 Å². The van der Waals surface area contributed by atoms with Crippen LogP contribution in [0.4, 0.5) is 0 Å². The molecule has 29 heavy (non-hydrogen) atoms. The Morgan fingerprint density at radius 3 is 2.59 bits per heavy atom. The van der Waals surface area contributed by atoms with Crippen molar-refractivity contribution in [2.24, 2.45) is 0 Å². The first-order valence-corrected chi connectivity index (χ1v) is 9.61. The first kappa shape index (κ1) is 19.0. The van der Waals surface area contributed by atoms with E-state index < -0.39 is 0 Å². The third-order valence-electron chi connectivity index (χ3n) is 5.03. The fourth-order valence-electron chi connectivity index (χ4n) is 3.41. The molecule has 0 bridgehead atoms. The van der Waals surface area contributed by atoms with E-state index in [0.717, 1.165) is 29.7 Å². The second-order valence-electron chi connectivity index (χ2n) is 7.03. The Bertz CT molecular complexity index is 966. The maximum atomic E-state index is 12.7. The average Bonchev–Trinajstić information content (AvgIpc) is 3.43. The van der Waals surface area contributed by atoms with Crippen LogP contribution in [0, 0.1) is 6.92 Å². The number of likely N-dealkylation sites (tertiary alicyclic amines) is 1. The summed E-state index contributed by atoms with van der Waals surface area (Å²) < 4.78 is 16.3. The number of hydrogen-bond acceptors (Lipinski definition) is 6. The number of methoxy groups -OCH3 is 1. The molecular weight excluding hydrogens is 370 g/mol. The Morgan fingerprint density at radius 1 is 1.14 bits per heavy atom. The summed E-state index contributed by atoms with van der Waals surface area (Å²) >= 11 is 0. The molecule has 1 atom stereocenters. The topological polar surface area (TPSA) is 77.7 Å². The van der Waals surface area contributed by atoms with Crippen molar-refractivity contribution in [2.75, 3.05) is 20.3 Å². The molecule has 0 N–H and O–H groups in total. The molecule has 7 heteroatoms. The van der Waals surface area contributed by atoms with Gasteiger partial charge in [-0.15, -0.1) is 0 Å². The summed E-state index contributed by atoms with van der Waals surface area (Å²) in [4.78, 5) is 19.0. The molecule has 3 aromatic rings. The Hall–Kier alpha value is -3.35. The molecule has 0 aliphatic carbocycles. The van der Waals surface area contributed by atoms with Gasteiger partial charge >= 0.3 is 0 Å². The highest BCUT2D eigenvalue weighted by Crippen LogP contribution is 2.32. The fraction of sp³-hybridized carbons (Fsp3) is 0.318. The highest BCUT2D eigenvalue weighted by molar-refractivity contribution is 5.78. The average molecular weight is 393 g/mol. The van der Waals surface area contributed by atoms with Gasteiger partial charge in [0.15, 0.2) is 6.61 Å². The maximum absolute atomic E-state index is 12.7. The van der Waals surface area contributed by atoms with Crippen molar-refractivity contribution in [1.82, 2.24) is 15.0 Å². The molecule has 150 valence electrons. The molecule has 1 aliphatic rings. The molecule has 1 aliphatic heterocycles. The van der Waals surface area contributed by atoms with Crippen LogP contribution in [-0.4, -0.2) is 41.2 Å². The van der Waals surface area contributed by atoms with E-state index >= 15 is 0 Å². The van der Waals surface area contributed by atoms with Crippen LogP contribution in [0.5, 0.6) is 11.5 Å². The normalized spacial score (nSPS) is 16.1. The number of amides is 1. The summed E-state index contributed by atoms with van der Waals surface area (Å²) in [6.45, 7) is 2.65. The van der Waals surface area contributed by atoms with Gasteiger partial charge in [0.05, 0.1) is 7.11 Å². The highest BCUT2D eigenvalue weighted by atomic mass is 16.5. The lowest BCUT2D eigenvalue weighted by molar-refractivity contribution is -0.134. The molecule has 0 saturated carbocycles. The van der Waals surface area contributed by atoms with E-state index in [2.05, 4.69) is 10.1 Å². The molecule has 1 aromatic heterocycles. The quantitative estimate of drug-likeness (QED) is 0.634. The van der Waals surface area contributed by atoms with Crippen molar-refractivity contribution in [3.8, 4) is 22.9 Å². The van der Waals surface area contributed by atoms with E-state index in [9.17, 15) is 4.79 Å². The van der Waals surface area contributed by atoms with Crippen molar-refractivity contribution in [3.63, 3.8) is 0 Å². The molecule has 4 rings (SSSR count). The molecule has 0 radical (unpaired) electrons. The minimum Gasteiger partial charge on any atom is -0.497 e. The van der Waals surface area contributed by atoms with Crippen LogP contribution in [0.25, 0.3) is 11.4 Å². The van der Waals surface area contributed by atoms with Crippen molar-refractivity contribution in [1.29, 1.82) is 0 Å². The molecule has 0 spiro atoms. The van der Waals surface area contributed by atoms with Gasteiger partial charge in [-0.3, -0.25) is 4.79 Å². The highest BCUT2D eigenvalue weighted by Gasteiger charge is 2.34. The first-order chi connectivity index (χ1) is 14.1. The van der Waals surface area contributed by atoms with Crippen molar-refractivity contribution in [3.05, 3.63) is 60.0 Å². The maximum Gasteiger partial charge on any atom is 0.261 e. The van der Waals surface area contributed by atoms with E-state index in [1.54, 1.807) is 12.0 Å². The van der Waals surface area contributed by atoms with Gasteiger partial charge in [-0.25, -0.2) is 0 Å². The monoisotopic (exact) mass is 393 g/mol. The van der Waals surface area contributed by atoms with Crippen LogP contribution >= 0.6 is 0 Å². The number of ether oxygens (including phenoxy) is 2. The van der Waals surface area contributed by atoms with Gasteiger partial charge in [-0.2, -0.15) is 4.98 Å². The molecule has 1 saturated heterocycles. The summed E-state index contributed by atoms with van der Waals surface area (Å²) in [6, 6.07) is 14.9. The van der Waals surface area contributed by atoms with Crippen LogP contribution in [0.3, 0.4) is 0 Å². The van der Waals surface area contributed by atoms with Crippen LogP contribution in [0.15, 0.2) is 53.1 Å². The summed E-state index contributed by atoms with van der Waals surface area (Å²) in [7, 11) is 1.62. The second kappa shape index (κ2) is 8.34. The molecule has 7 nitrogen and oxygen atoms in total. The number of aromatic nitrogens is 2. The van der Waals surface area contributed by atoms with Crippen LogP contribution < -0.4 is 9.47 Å². The van der Waals surface area contributed by atoms with Crippen LogP contribution in [-0.2, 0) is 4.79 Å². The minimum atomic E-state index is -0.219. The van der Waals surface area contributed by atoms with Gasteiger partial charge in [-0.05, 0) is 56.2 Å². The number of carbonyl (C=O) groups is 1. The number of aryl methyl sites for hydroxylation is 1. The molecule has 2 heterocycles. The minimum absolute atomic E-state index is 0.0148. The number of benzene rings is 2. The zero-order valence-electron chi connectivity index (χ0n) is 16.5. The van der Waals surface area contributed by atoms with E-state index in [-0.39, 0.29) is 18.6 Å². The van der Waals surface area contributed by atoms with Crippen molar-refractivity contribution < 1.29 is 18.8 Å². The third kappa shape index (κ3) is 4.23. The summed E-state index contributed by atoms with van der Waals surface area (Å²) in [5, 5.41) is 4.09. The van der Waals surface area contributed by atoms with Crippen LogP contribution in [0.2, 0.25) is 0 Å². The van der Waals surface area contributed by atoms with Crippen molar-refractivity contribution in [2.45, 2.75) is 25.8 Å². The Morgan fingerprint density at radius 2 is 1.86 bits per heavy atom. The first-order valence-electron chi connectivity index (χ1n) is 9.61. The molecule has 1 fully saturated rings. The van der Waals surface area contributed by atoms with Gasteiger partial charge in [0, 0.05) is 12.1 Å². The lowest BCUT2D eigenvalue weighted by Gasteiger charge is -2.21. The predicted molar refractivity (Wildman–Crippen MR) is 107 cm³/mol. The zero-order valence-corrected chi connectivity index (χ0v) is 16.5. The zero-order chi connectivity index (χ0) is 20.2. The lowest BCUT2D eigenvalue weighted by Crippen LogP contribution is -2.34. The molecule has 1 amide bonds. The molecular formula is C22H23N3O4. The van der Waals surface area contributed by atoms with Gasteiger partial charge in [0.25, 0.3) is 5.91 Å². The summed E-state index contributed by atoms with van der Waals surface area (Å²) in [5.74, 6) is 2.31. The number of carbonyl (C=O) groups excluding carboxylic acids is 1. The molecule has 2 aromatic carbocycles. The van der Waals surface area contributed by atoms with Gasteiger partial charge < -0.3 is 18.9 Å². The van der Waals surface area contributed by atoms with E-state index in [1.165, 1.54) is 0 Å². The SMILES string of the molecule is COc1ccc(-c2noc(C3CCCN3C(=O)COc3ccc(C)cc3)n2)cc1. The Kier molecular flexibility index (Phi) is 5.46. The van der Waals surface area contributed by atoms with Gasteiger partial charge in [0.2, 0.25) is 11.7 Å². The number of nitrogens with zero attached hydrogens (tertiary/aromatic N) is 3. The fourth-order valence-corrected chi connectivity index (χ4v) is 3.41. The lowest BCUT2D eigenvalue weighted by atomic mass is 10.2. The number of rotatable bonds is 6.